The van der Waals surface area contributed by atoms with Crippen molar-refractivity contribution >= 4 is 30.8 Å². The number of carboxylic acids is 1. The van der Waals surface area contributed by atoms with Crippen molar-refractivity contribution in [1.29, 1.82) is 0 Å². The van der Waals surface area contributed by atoms with Gasteiger partial charge in [0.25, 0.3) is 5.91 Å². The van der Waals surface area contributed by atoms with E-state index in [0.717, 1.165) is 0 Å². The number of amides is 3. The van der Waals surface area contributed by atoms with Crippen molar-refractivity contribution in [2.45, 2.75) is 37.5 Å². The Hall–Kier alpha value is -3.36. The number of aryl methyl sites for hydroxylation is 1. The number of carbonyl (C=O) groups is 4. The molecular weight excluding hydrogens is 425 g/mol. The molecular formula is C18H24BN5O8. The van der Waals surface area contributed by atoms with Gasteiger partial charge >= 0.3 is 13.1 Å². The molecule has 2 aliphatic heterocycles. The van der Waals surface area contributed by atoms with Gasteiger partial charge in [-0.2, -0.15) is 0 Å². The molecule has 2 heterocycles. The molecule has 32 heavy (non-hydrogen) atoms. The first-order valence-corrected chi connectivity index (χ1v) is 9.86. The molecule has 1 fully saturated rings. The molecule has 0 aliphatic carbocycles. The van der Waals surface area contributed by atoms with Crippen LogP contribution in [0, 0.1) is 0 Å². The highest BCUT2D eigenvalue weighted by Crippen LogP contribution is 2.37. The Morgan fingerprint density at radius 3 is 2.59 bits per heavy atom. The van der Waals surface area contributed by atoms with Crippen molar-refractivity contribution in [1.82, 2.24) is 10.2 Å². The van der Waals surface area contributed by atoms with Crippen molar-refractivity contribution in [3.05, 3.63) is 23.3 Å². The van der Waals surface area contributed by atoms with E-state index in [1.165, 1.54) is 11.0 Å². The highest BCUT2D eigenvalue weighted by molar-refractivity contribution is 6.44. The van der Waals surface area contributed by atoms with Gasteiger partial charge in [-0.15, -0.1) is 0 Å². The van der Waals surface area contributed by atoms with Crippen molar-refractivity contribution < 1.29 is 38.7 Å². The molecule has 2 atom stereocenters. The fourth-order valence-corrected chi connectivity index (χ4v) is 3.41. The second kappa shape index (κ2) is 9.42. The summed E-state index contributed by atoms with van der Waals surface area (Å²) in [4.78, 5) is 48.1. The van der Waals surface area contributed by atoms with Crippen molar-refractivity contribution in [2.24, 2.45) is 17.2 Å². The zero-order valence-electron chi connectivity index (χ0n) is 17.0. The number of nitrogens with two attached hydrogens (primary N) is 3. The van der Waals surface area contributed by atoms with E-state index in [1.54, 1.807) is 6.07 Å². The third-order valence-corrected chi connectivity index (χ3v) is 5.10. The van der Waals surface area contributed by atoms with Crippen LogP contribution >= 0.6 is 0 Å². The van der Waals surface area contributed by atoms with Crippen LogP contribution in [0.5, 0.6) is 11.5 Å². The number of ether oxygens (including phenoxy) is 1. The van der Waals surface area contributed by atoms with Crippen molar-refractivity contribution in [2.75, 3.05) is 13.1 Å². The van der Waals surface area contributed by atoms with E-state index >= 15 is 0 Å². The number of fused-ring (bicyclic) bond motifs is 1. The Morgan fingerprint density at radius 1 is 1.28 bits per heavy atom. The number of primary amides is 1. The molecule has 3 amide bonds. The van der Waals surface area contributed by atoms with Crippen LogP contribution < -0.4 is 31.9 Å². The quantitative estimate of drug-likeness (QED) is 0.174. The second-order valence-electron chi connectivity index (χ2n) is 7.59. The number of rotatable bonds is 8. The van der Waals surface area contributed by atoms with E-state index in [4.69, 9.17) is 26.6 Å². The summed E-state index contributed by atoms with van der Waals surface area (Å²) in [6.07, 6.45) is -1.45. The van der Waals surface area contributed by atoms with E-state index in [9.17, 15) is 29.3 Å². The van der Waals surface area contributed by atoms with Gasteiger partial charge in [-0.3, -0.25) is 14.4 Å². The van der Waals surface area contributed by atoms with Crippen LogP contribution in [0.25, 0.3) is 0 Å². The van der Waals surface area contributed by atoms with Crippen LogP contribution in [0.15, 0.2) is 12.1 Å². The van der Waals surface area contributed by atoms with Gasteiger partial charge in [-0.05, 0) is 24.4 Å². The lowest BCUT2D eigenvalue weighted by molar-refractivity contribution is -0.144. The first-order chi connectivity index (χ1) is 15.1. The molecule has 1 aromatic carbocycles. The Bertz CT molecular complexity index is 938. The predicted octanol–water partition coefficient (Wildman–Crippen LogP) is -3.01. The second-order valence-corrected chi connectivity index (χ2v) is 7.59. The molecule has 13 nitrogen and oxygen atoms in total. The number of carboxylic acid groups (broad SMARTS) is 1. The van der Waals surface area contributed by atoms with E-state index in [2.05, 4.69) is 5.32 Å². The molecule has 1 saturated heterocycles. The van der Waals surface area contributed by atoms with Gasteiger partial charge in [-0.1, -0.05) is 6.07 Å². The van der Waals surface area contributed by atoms with Crippen LogP contribution in [-0.4, -0.2) is 77.2 Å². The highest BCUT2D eigenvalue weighted by Gasteiger charge is 2.37. The molecule has 172 valence electrons. The minimum Gasteiger partial charge on any atom is -0.535 e. The molecule has 0 spiro atoms. The molecule has 0 unspecified atom stereocenters. The standard InChI is InChI=1S/C18H24BN5O8/c20-10(5-12(21)25)16(26)23-15(22)17(27)24-6-9(7-24)31-11-2-1-8-3-4-19(30)32-14(8)13(11)18(28)29/h1-2,9-10,15,30H,3-7,20,22H2,(H2,21,25)(H,23,26)(H,28,29)/t10-,15+/m1/s1. The number of carbonyl (C=O) groups excluding carboxylic acids is 3. The van der Waals surface area contributed by atoms with Crippen LogP contribution in [0.2, 0.25) is 6.32 Å². The molecule has 2 aliphatic rings. The number of aromatic carboxylic acids is 1. The summed E-state index contributed by atoms with van der Waals surface area (Å²) < 4.78 is 11.0. The minimum absolute atomic E-state index is 0.0532. The minimum atomic E-state index is -1.38. The van der Waals surface area contributed by atoms with E-state index < -0.39 is 49.1 Å². The summed E-state index contributed by atoms with van der Waals surface area (Å²) in [7, 11) is -1.10. The van der Waals surface area contributed by atoms with Crippen LogP contribution in [0.4, 0.5) is 0 Å². The van der Waals surface area contributed by atoms with E-state index in [0.29, 0.717) is 18.3 Å². The zero-order chi connectivity index (χ0) is 23.6. The van der Waals surface area contributed by atoms with Gasteiger partial charge in [0.1, 0.15) is 23.2 Å². The summed E-state index contributed by atoms with van der Waals surface area (Å²) in [5.74, 6) is -3.30. The Balaban J connectivity index is 1.58. The summed E-state index contributed by atoms with van der Waals surface area (Å²) in [6, 6.07) is 1.96. The number of nitrogens with one attached hydrogen (secondary N) is 1. The normalized spacial score (nSPS) is 17.3. The van der Waals surface area contributed by atoms with Gasteiger partial charge in [0, 0.05) is 0 Å². The molecule has 0 saturated carbocycles. The molecule has 0 aromatic heterocycles. The van der Waals surface area contributed by atoms with Gasteiger partial charge in [0.05, 0.1) is 25.6 Å². The molecule has 0 bridgehead atoms. The van der Waals surface area contributed by atoms with Crippen LogP contribution in [0.1, 0.15) is 22.3 Å². The fraction of sp³-hybridized carbons (Fsp3) is 0.444. The smallest absolute Gasteiger partial charge is 0.522 e. The summed E-state index contributed by atoms with van der Waals surface area (Å²) in [6.45, 7) is 0.213. The van der Waals surface area contributed by atoms with Gasteiger partial charge < -0.3 is 46.9 Å². The fourth-order valence-electron chi connectivity index (χ4n) is 3.41. The third-order valence-electron chi connectivity index (χ3n) is 5.10. The molecule has 14 heteroatoms. The average molecular weight is 449 g/mol. The van der Waals surface area contributed by atoms with E-state index in [1.807, 2.05) is 0 Å². The van der Waals surface area contributed by atoms with Gasteiger partial charge in [0.15, 0.2) is 6.17 Å². The number of benzene rings is 1. The first kappa shape index (κ1) is 23.3. The van der Waals surface area contributed by atoms with Gasteiger partial charge in [0.2, 0.25) is 11.8 Å². The Kier molecular flexibility index (Phi) is 6.86. The SMILES string of the molecule is NC(=O)C[C@@H](N)C(=O)N[C@H](N)C(=O)N1CC(Oc2ccc3c(c2C(=O)O)OB(O)CC3)C1. The summed E-state index contributed by atoms with van der Waals surface area (Å²) in [5.41, 5.74) is 16.6. The lowest BCUT2D eigenvalue weighted by Gasteiger charge is -2.40. The topological polar surface area (TPSA) is 221 Å². The first-order valence-electron chi connectivity index (χ1n) is 9.86. The van der Waals surface area contributed by atoms with E-state index in [-0.39, 0.29) is 36.6 Å². The predicted molar refractivity (Wildman–Crippen MR) is 109 cm³/mol. The third kappa shape index (κ3) is 5.10. The molecule has 1 aromatic rings. The molecule has 9 N–H and O–H groups in total. The Morgan fingerprint density at radius 2 is 1.97 bits per heavy atom. The average Bonchev–Trinajstić information content (AvgIpc) is 2.68. The monoisotopic (exact) mass is 449 g/mol. The van der Waals surface area contributed by atoms with Crippen LogP contribution in [0.3, 0.4) is 0 Å². The van der Waals surface area contributed by atoms with Gasteiger partial charge in [-0.25, -0.2) is 4.79 Å². The highest BCUT2D eigenvalue weighted by atomic mass is 16.5. The maximum absolute atomic E-state index is 12.4. The zero-order valence-corrected chi connectivity index (χ0v) is 17.0. The number of hydrogen-bond acceptors (Lipinski definition) is 9. The number of likely N-dealkylation sites (tertiary alicyclic amines) is 1. The largest absolute Gasteiger partial charge is 0.535 e. The number of hydrogen-bond donors (Lipinski definition) is 6. The van der Waals surface area contributed by atoms with Crippen molar-refractivity contribution in [3.8, 4) is 11.5 Å². The molecule has 0 radical (unpaired) electrons. The lowest BCUT2D eigenvalue weighted by atomic mass is 9.78. The summed E-state index contributed by atoms with van der Waals surface area (Å²) in [5, 5.41) is 21.5. The van der Waals surface area contributed by atoms with Crippen LogP contribution in [-0.2, 0) is 20.8 Å². The molecule has 3 rings (SSSR count). The maximum atomic E-state index is 12.4. The Labute approximate surface area is 182 Å². The summed E-state index contributed by atoms with van der Waals surface area (Å²) >= 11 is 0. The van der Waals surface area contributed by atoms with Crippen molar-refractivity contribution in [3.63, 3.8) is 0 Å². The number of nitrogens with zero attached hydrogens (tertiary/aromatic N) is 1. The maximum Gasteiger partial charge on any atom is 0.522 e. The lowest BCUT2D eigenvalue weighted by Crippen LogP contribution is -2.64.